The predicted molar refractivity (Wildman–Crippen MR) is 128 cm³/mol. The van der Waals surface area contributed by atoms with Crippen LogP contribution in [0.3, 0.4) is 0 Å². The van der Waals surface area contributed by atoms with E-state index in [2.05, 4.69) is 42.2 Å². The topological polar surface area (TPSA) is 79.6 Å². The monoisotopic (exact) mass is 533 g/mol. The molecular weight excluding hydrogens is 505 g/mol. The van der Waals surface area contributed by atoms with Crippen molar-refractivity contribution in [2.45, 2.75) is 32.4 Å². The largest absolute Gasteiger partial charge is 0.495 e. The minimum Gasteiger partial charge on any atom is -0.495 e. The Morgan fingerprint density at radius 2 is 2.24 bits per heavy atom. The number of aromatic nitrogens is 3. The van der Waals surface area contributed by atoms with Gasteiger partial charge in [-0.15, -0.1) is 34.2 Å². The fourth-order valence-electron chi connectivity index (χ4n) is 3.43. The summed E-state index contributed by atoms with van der Waals surface area (Å²) >= 11 is 6.18. The Morgan fingerprint density at radius 1 is 1.41 bits per heavy atom. The standard InChI is InChI=1S/C19H28ClN7O.HI/c1-4-18-25-23-13-27(18)10-8-22-19(21-2)24-15-7-9-26(12-15)16-11-14(20)5-6-17(16)28-3;/h5-6,11,13,15H,4,7-10,12H2,1-3H3,(H2,21,22,24);1H. The number of benzene rings is 1. The third-order valence-corrected chi connectivity index (χ3v) is 5.13. The maximum Gasteiger partial charge on any atom is 0.191 e. The summed E-state index contributed by atoms with van der Waals surface area (Å²) in [5, 5.41) is 15.7. The van der Waals surface area contributed by atoms with Crippen LogP contribution in [-0.2, 0) is 13.0 Å². The molecule has 1 aliphatic heterocycles. The summed E-state index contributed by atoms with van der Waals surface area (Å²) < 4.78 is 7.55. The van der Waals surface area contributed by atoms with Crippen molar-refractivity contribution in [2.24, 2.45) is 4.99 Å². The second kappa shape index (κ2) is 11.4. The van der Waals surface area contributed by atoms with Crippen LogP contribution in [-0.4, -0.2) is 60.6 Å². The average molecular weight is 534 g/mol. The van der Waals surface area contributed by atoms with Crippen LogP contribution in [0.5, 0.6) is 5.75 Å². The van der Waals surface area contributed by atoms with Gasteiger partial charge in [-0.1, -0.05) is 18.5 Å². The first-order valence-electron chi connectivity index (χ1n) is 9.57. The molecule has 160 valence electrons. The molecule has 1 aromatic heterocycles. The average Bonchev–Trinajstić information content (AvgIpc) is 3.36. The van der Waals surface area contributed by atoms with Crippen LogP contribution >= 0.6 is 35.6 Å². The number of guanidine groups is 1. The van der Waals surface area contributed by atoms with Crippen molar-refractivity contribution in [1.82, 2.24) is 25.4 Å². The van der Waals surface area contributed by atoms with E-state index in [4.69, 9.17) is 16.3 Å². The van der Waals surface area contributed by atoms with Gasteiger partial charge in [-0.05, 0) is 24.6 Å². The second-order valence-corrected chi connectivity index (χ2v) is 7.12. The third kappa shape index (κ3) is 6.11. The number of aryl methyl sites for hydroxylation is 1. The molecule has 2 aromatic rings. The van der Waals surface area contributed by atoms with Crippen molar-refractivity contribution in [3.05, 3.63) is 35.4 Å². The minimum absolute atomic E-state index is 0. The number of hydrogen-bond donors (Lipinski definition) is 2. The molecule has 3 rings (SSSR count). The lowest BCUT2D eigenvalue weighted by Gasteiger charge is -2.22. The van der Waals surface area contributed by atoms with Gasteiger partial charge in [0.2, 0.25) is 0 Å². The van der Waals surface area contributed by atoms with Gasteiger partial charge >= 0.3 is 0 Å². The van der Waals surface area contributed by atoms with E-state index in [1.165, 1.54) is 0 Å². The van der Waals surface area contributed by atoms with Gasteiger partial charge in [0.15, 0.2) is 5.96 Å². The van der Waals surface area contributed by atoms with Crippen molar-refractivity contribution in [3.63, 3.8) is 0 Å². The highest BCUT2D eigenvalue weighted by atomic mass is 127. The second-order valence-electron chi connectivity index (χ2n) is 6.69. The SMILES string of the molecule is CCc1nncn1CCNC(=NC)NC1CCN(c2cc(Cl)ccc2OC)C1.I. The van der Waals surface area contributed by atoms with E-state index in [0.717, 1.165) is 62.2 Å². The van der Waals surface area contributed by atoms with Gasteiger partial charge in [-0.3, -0.25) is 4.99 Å². The van der Waals surface area contributed by atoms with Crippen LogP contribution in [0, 0.1) is 0 Å². The highest BCUT2D eigenvalue weighted by Gasteiger charge is 2.25. The fraction of sp³-hybridized carbons (Fsp3) is 0.526. The number of methoxy groups -OCH3 is 1. The van der Waals surface area contributed by atoms with E-state index in [1.807, 2.05) is 18.2 Å². The lowest BCUT2D eigenvalue weighted by molar-refractivity contribution is 0.415. The van der Waals surface area contributed by atoms with Gasteiger partial charge < -0.3 is 24.8 Å². The summed E-state index contributed by atoms with van der Waals surface area (Å²) in [6.45, 7) is 5.43. The van der Waals surface area contributed by atoms with E-state index in [-0.39, 0.29) is 24.0 Å². The van der Waals surface area contributed by atoms with E-state index >= 15 is 0 Å². The lowest BCUT2D eigenvalue weighted by Crippen LogP contribution is -2.45. The summed E-state index contributed by atoms with van der Waals surface area (Å²) in [6, 6.07) is 6.02. The summed E-state index contributed by atoms with van der Waals surface area (Å²) in [6.07, 6.45) is 3.66. The van der Waals surface area contributed by atoms with E-state index in [0.29, 0.717) is 11.1 Å². The molecule has 8 nitrogen and oxygen atoms in total. The number of nitrogens with zero attached hydrogens (tertiary/aromatic N) is 5. The Labute approximate surface area is 194 Å². The highest BCUT2D eigenvalue weighted by Crippen LogP contribution is 2.33. The number of anilines is 1. The molecule has 1 aliphatic rings. The van der Waals surface area contributed by atoms with Crippen LogP contribution < -0.4 is 20.3 Å². The molecule has 0 bridgehead atoms. The van der Waals surface area contributed by atoms with Crippen LogP contribution in [0.4, 0.5) is 5.69 Å². The lowest BCUT2D eigenvalue weighted by atomic mass is 10.2. The summed E-state index contributed by atoms with van der Waals surface area (Å²) in [5.41, 5.74) is 1.03. The zero-order valence-corrected chi connectivity index (χ0v) is 20.1. The first kappa shape index (κ1) is 23.5. The molecule has 10 heteroatoms. The quantitative estimate of drug-likeness (QED) is 0.324. The van der Waals surface area contributed by atoms with E-state index < -0.39 is 0 Å². The number of rotatable bonds is 7. The summed E-state index contributed by atoms with van der Waals surface area (Å²) in [5.74, 6) is 2.64. The zero-order chi connectivity index (χ0) is 19.9. The minimum atomic E-state index is 0. The summed E-state index contributed by atoms with van der Waals surface area (Å²) in [4.78, 5) is 6.64. The Balaban J connectivity index is 0.00000300. The maximum atomic E-state index is 6.18. The molecule has 1 atom stereocenters. The fourth-order valence-corrected chi connectivity index (χ4v) is 3.60. The van der Waals surface area contributed by atoms with Gasteiger partial charge in [0, 0.05) is 50.7 Å². The molecular formula is C19H29ClIN7O. The number of ether oxygens (including phenoxy) is 1. The van der Waals surface area contributed by atoms with E-state index in [1.54, 1.807) is 20.5 Å². The normalized spacial score (nSPS) is 16.5. The molecule has 0 spiro atoms. The Hall–Kier alpha value is -1.75. The Bertz CT molecular complexity index is 814. The van der Waals surface area contributed by atoms with Gasteiger partial charge in [0.05, 0.1) is 12.8 Å². The molecule has 2 heterocycles. The zero-order valence-electron chi connectivity index (χ0n) is 17.1. The molecule has 1 unspecified atom stereocenters. The van der Waals surface area contributed by atoms with Crippen molar-refractivity contribution in [1.29, 1.82) is 0 Å². The van der Waals surface area contributed by atoms with Crippen molar-refractivity contribution in [3.8, 4) is 5.75 Å². The van der Waals surface area contributed by atoms with Crippen LogP contribution in [0.1, 0.15) is 19.2 Å². The van der Waals surface area contributed by atoms with Gasteiger partial charge in [0.25, 0.3) is 0 Å². The van der Waals surface area contributed by atoms with Crippen LogP contribution in [0.15, 0.2) is 29.5 Å². The molecule has 0 saturated carbocycles. The predicted octanol–water partition coefficient (Wildman–Crippen LogP) is 2.56. The first-order valence-corrected chi connectivity index (χ1v) is 9.94. The molecule has 2 N–H and O–H groups in total. The summed E-state index contributed by atoms with van der Waals surface area (Å²) in [7, 11) is 3.47. The molecule has 1 saturated heterocycles. The molecule has 1 fully saturated rings. The van der Waals surface area contributed by atoms with Crippen LogP contribution in [0.25, 0.3) is 0 Å². The number of nitrogens with one attached hydrogen (secondary N) is 2. The van der Waals surface area contributed by atoms with Crippen molar-refractivity contribution < 1.29 is 4.74 Å². The number of hydrogen-bond acceptors (Lipinski definition) is 5. The molecule has 0 aliphatic carbocycles. The van der Waals surface area contributed by atoms with E-state index in [9.17, 15) is 0 Å². The van der Waals surface area contributed by atoms with Crippen molar-refractivity contribution in [2.75, 3.05) is 38.7 Å². The van der Waals surface area contributed by atoms with Gasteiger partial charge in [-0.25, -0.2) is 0 Å². The first-order chi connectivity index (χ1) is 13.6. The molecule has 29 heavy (non-hydrogen) atoms. The smallest absolute Gasteiger partial charge is 0.191 e. The van der Waals surface area contributed by atoms with Gasteiger partial charge in [0.1, 0.15) is 17.9 Å². The van der Waals surface area contributed by atoms with Crippen molar-refractivity contribution >= 4 is 47.2 Å². The maximum absolute atomic E-state index is 6.18. The Morgan fingerprint density at radius 3 is 2.97 bits per heavy atom. The molecule has 1 aromatic carbocycles. The molecule has 0 radical (unpaired) electrons. The Kier molecular flexibility index (Phi) is 9.28. The number of aliphatic imine (C=N–C) groups is 1. The van der Waals surface area contributed by atoms with Gasteiger partial charge in [-0.2, -0.15) is 0 Å². The number of halogens is 2. The third-order valence-electron chi connectivity index (χ3n) is 4.89. The van der Waals surface area contributed by atoms with Crippen LogP contribution in [0.2, 0.25) is 5.02 Å². The molecule has 0 amide bonds. The highest BCUT2D eigenvalue weighted by molar-refractivity contribution is 14.0.